The highest BCUT2D eigenvalue weighted by molar-refractivity contribution is 5.81. The second-order valence-corrected chi connectivity index (χ2v) is 4.84. The Morgan fingerprint density at radius 2 is 2.00 bits per heavy atom. The molecule has 0 saturated heterocycles. The molecule has 0 aliphatic heterocycles. The number of hydrogen-bond donors (Lipinski definition) is 1. The van der Waals surface area contributed by atoms with Crippen molar-refractivity contribution in [1.29, 1.82) is 5.26 Å². The molecule has 0 fully saturated rings. The van der Waals surface area contributed by atoms with Crippen molar-refractivity contribution in [3.8, 4) is 6.07 Å². The number of carbonyl (C=O) groups excluding carboxylic acids is 1. The van der Waals surface area contributed by atoms with Crippen LogP contribution in [0.1, 0.15) is 40.5 Å². The topological polar surface area (TPSA) is 56.1 Å². The monoisotopic (exact) mass is 239 g/mol. The zero-order valence-electron chi connectivity index (χ0n) is 11.7. The SMILES string of the molecule is CCCC(C)NC(=O)C(C)N(C)CC(C)C#N. The summed E-state index contributed by atoms with van der Waals surface area (Å²) < 4.78 is 0. The van der Waals surface area contributed by atoms with Crippen molar-refractivity contribution in [2.24, 2.45) is 5.92 Å². The summed E-state index contributed by atoms with van der Waals surface area (Å²) in [7, 11) is 1.88. The van der Waals surface area contributed by atoms with Gasteiger partial charge in [0.2, 0.25) is 5.91 Å². The summed E-state index contributed by atoms with van der Waals surface area (Å²) in [6, 6.07) is 2.21. The first-order valence-corrected chi connectivity index (χ1v) is 6.32. The molecule has 98 valence electrons. The molecule has 0 rings (SSSR count). The lowest BCUT2D eigenvalue weighted by atomic mass is 10.1. The van der Waals surface area contributed by atoms with E-state index >= 15 is 0 Å². The van der Waals surface area contributed by atoms with Crippen LogP contribution in [0.15, 0.2) is 0 Å². The molecule has 0 aromatic heterocycles. The molecule has 3 atom stereocenters. The van der Waals surface area contributed by atoms with Crippen LogP contribution in [0.4, 0.5) is 0 Å². The van der Waals surface area contributed by atoms with E-state index in [4.69, 9.17) is 5.26 Å². The maximum absolute atomic E-state index is 11.9. The maximum atomic E-state index is 11.9. The standard InChI is InChI=1S/C13H25N3O/c1-6-7-11(3)15-13(17)12(4)16(5)9-10(2)8-14/h10-12H,6-7,9H2,1-5H3,(H,15,17). The van der Waals surface area contributed by atoms with Gasteiger partial charge in [0.15, 0.2) is 0 Å². The van der Waals surface area contributed by atoms with E-state index < -0.39 is 0 Å². The van der Waals surface area contributed by atoms with Gasteiger partial charge >= 0.3 is 0 Å². The van der Waals surface area contributed by atoms with Crippen molar-refractivity contribution in [3.63, 3.8) is 0 Å². The number of nitrogens with one attached hydrogen (secondary N) is 1. The fourth-order valence-corrected chi connectivity index (χ4v) is 1.70. The Morgan fingerprint density at radius 3 is 2.47 bits per heavy atom. The number of nitriles is 1. The molecule has 0 radical (unpaired) electrons. The smallest absolute Gasteiger partial charge is 0.237 e. The quantitative estimate of drug-likeness (QED) is 0.736. The first kappa shape index (κ1) is 15.9. The zero-order valence-corrected chi connectivity index (χ0v) is 11.7. The zero-order chi connectivity index (χ0) is 13.4. The average molecular weight is 239 g/mol. The molecule has 0 saturated carbocycles. The van der Waals surface area contributed by atoms with Crippen LogP contribution in [0.2, 0.25) is 0 Å². The van der Waals surface area contributed by atoms with Gasteiger partial charge in [0.1, 0.15) is 0 Å². The summed E-state index contributed by atoms with van der Waals surface area (Å²) in [4.78, 5) is 13.8. The van der Waals surface area contributed by atoms with E-state index in [1.54, 1.807) is 0 Å². The molecular weight excluding hydrogens is 214 g/mol. The summed E-state index contributed by atoms with van der Waals surface area (Å²) in [5.74, 6) is -0.0121. The van der Waals surface area contributed by atoms with E-state index in [1.165, 1.54) is 0 Å². The second-order valence-electron chi connectivity index (χ2n) is 4.84. The molecule has 4 nitrogen and oxygen atoms in total. The van der Waals surface area contributed by atoms with E-state index in [9.17, 15) is 4.79 Å². The van der Waals surface area contributed by atoms with Crippen molar-refractivity contribution in [2.45, 2.75) is 52.6 Å². The minimum absolute atomic E-state index is 0.0404. The van der Waals surface area contributed by atoms with Gasteiger partial charge in [-0.05, 0) is 34.2 Å². The van der Waals surface area contributed by atoms with E-state index in [0.29, 0.717) is 6.54 Å². The Kier molecular flexibility index (Phi) is 7.56. The number of carbonyl (C=O) groups is 1. The molecule has 0 aliphatic rings. The first-order chi connectivity index (χ1) is 7.92. The maximum Gasteiger partial charge on any atom is 0.237 e. The Balaban J connectivity index is 4.16. The predicted molar refractivity (Wildman–Crippen MR) is 69.4 cm³/mol. The van der Waals surface area contributed by atoms with Crippen LogP contribution in [0, 0.1) is 17.2 Å². The fraction of sp³-hybridized carbons (Fsp3) is 0.846. The minimum Gasteiger partial charge on any atom is -0.352 e. The van der Waals surface area contributed by atoms with Crippen LogP contribution in [0.3, 0.4) is 0 Å². The van der Waals surface area contributed by atoms with Crippen molar-refractivity contribution in [1.82, 2.24) is 10.2 Å². The summed E-state index contributed by atoms with van der Waals surface area (Å²) in [5.41, 5.74) is 0. The highest BCUT2D eigenvalue weighted by atomic mass is 16.2. The van der Waals surface area contributed by atoms with Gasteiger partial charge in [-0.2, -0.15) is 5.26 Å². The highest BCUT2D eigenvalue weighted by Crippen LogP contribution is 2.03. The van der Waals surface area contributed by atoms with Crippen LogP contribution < -0.4 is 5.32 Å². The Morgan fingerprint density at radius 1 is 1.41 bits per heavy atom. The van der Waals surface area contributed by atoms with Crippen molar-refractivity contribution in [3.05, 3.63) is 0 Å². The third-order valence-electron chi connectivity index (χ3n) is 2.93. The van der Waals surface area contributed by atoms with Gasteiger partial charge in [-0.1, -0.05) is 13.3 Å². The van der Waals surface area contributed by atoms with E-state index in [-0.39, 0.29) is 23.9 Å². The molecular formula is C13H25N3O. The number of nitrogens with zero attached hydrogens (tertiary/aromatic N) is 2. The average Bonchev–Trinajstić information content (AvgIpc) is 2.27. The van der Waals surface area contributed by atoms with Gasteiger partial charge in [-0.3, -0.25) is 9.69 Å². The largest absolute Gasteiger partial charge is 0.352 e. The lowest BCUT2D eigenvalue weighted by molar-refractivity contribution is -0.126. The Hall–Kier alpha value is -1.08. The molecule has 0 bridgehead atoms. The van der Waals surface area contributed by atoms with Gasteiger partial charge in [-0.25, -0.2) is 0 Å². The van der Waals surface area contributed by atoms with E-state index in [0.717, 1.165) is 12.8 Å². The van der Waals surface area contributed by atoms with Gasteiger partial charge in [0.25, 0.3) is 0 Å². The van der Waals surface area contributed by atoms with Gasteiger partial charge in [-0.15, -0.1) is 0 Å². The Labute approximate surface area is 105 Å². The molecule has 0 aliphatic carbocycles. The highest BCUT2D eigenvalue weighted by Gasteiger charge is 2.20. The number of rotatable bonds is 7. The molecule has 0 aromatic rings. The first-order valence-electron chi connectivity index (χ1n) is 6.32. The van der Waals surface area contributed by atoms with Crippen LogP contribution in [0.5, 0.6) is 0 Å². The molecule has 0 heterocycles. The number of amides is 1. The van der Waals surface area contributed by atoms with E-state index in [1.807, 2.05) is 32.7 Å². The number of hydrogen-bond acceptors (Lipinski definition) is 3. The van der Waals surface area contributed by atoms with Crippen molar-refractivity contribution >= 4 is 5.91 Å². The summed E-state index contributed by atoms with van der Waals surface area (Å²) in [6.45, 7) is 8.48. The van der Waals surface area contributed by atoms with Crippen molar-refractivity contribution < 1.29 is 4.79 Å². The second kappa shape index (κ2) is 8.08. The fourth-order valence-electron chi connectivity index (χ4n) is 1.70. The van der Waals surface area contributed by atoms with Gasteiger partial charge in [0, 0.05) is 12.6 Å². The van der Waals surface area contributed by atoms with Crippen LogP contribution in [0.25, 0.3) is 0 Å². The predicted octanol–water partition coefficient (Wildman–Crippen LogP) is 1.77. The van der Waals surface area contributed by atoms with Crippen LogP contribution in [-0.4, -0.2) is 36.5 Å². The molecule has 0 aromatic carbocycles. The van der Waals surface area contributed by atoms with Crippen LogP contribution in [-0.2, 0) is 4.79 Å². The molecule has 4 heteroatoms. The normalized spacial score (nSPS) is 16.1. The summed E-state index contributed by atoms with van der Waals surface area (Å²) in [5, 5.41) is 11.7. The van der Waals surface area contributed by atoms with E-state index in [2.05, 4.69) is 18.3 Å². The molecule has 17 heavy (non-hydrogen) atoms. The molecule has 0 spiro atoms. The van der Waals surface area contributed by atoms with Crippen molar-refractivity contribution in [2.75, 3.05) is 13.6 Å². The Bertz CT molecular complexity index is 272. The van der Waals surface area contributed by atoms with Crippen LogP contribution >= 0.6 is 0 Å². The summed E-state index contributed by atoms with van der Waals surface area (Å²) >= 11 is 0. The molecule has 1 N–H and O–H groups in total. The third-order valence-corrected chi connectivity index (χ3v) is 2.93. The lowest BCUT2D eigenvalue weighted by Gasteiger charge is -2.26. The molecule has 1 amide bonds. The number of likely N-dealkylation sites (N-methyl/N-ethyl adjacent to an activating group) is 1. The van der Waals surface area contributed by atoms with Gasteiger partial charge in [0.05, 0.1) is 18.0 Å². The van der Waals surface area contributed by atoms with Gasteiger partial charge < -0.3 is 5.32 Å². The molecule has 3 unspecified atom stereocenters. The lowest BCUT2D eigenvalue weighted by Crippen LogP contribution is -2.47. The minimum atomic E-state index is -0.190. The third kappa shape index (κ3) is 6.28. The summed E-state index contributed by atoms with van der Waals surface area (Å²) in [6.07, 6.45) is 2.06.